The summed E-state index contributed by atoms with van der Waals surface area (Å²) in [5.74, 6) is 0. The molecule has 0 N–H and O–H groups in total. The maximum absolute atomic E-state index is 12.6. The largest absolute Gasteiger partial charge is 0.416 e. The van der Waals surface area contributed by atoms with Gasteiger partial charge in [-0.1, -0.05) is 0 Å². The van der Waals surface area contributed by atoms with E-state index in [2.05, 4.69) is 16.2 Å². The molecule has 0 bridgehead atoms. The highest BCUT2D eigenvalue weighted by atomic mass is 19.4. The SMILES string of the molecule is FC(F)(F)c1cc(-c2c[c]ncn2)cc(C(F)(F)F)c1. The van der Waals surface area contributed by atoms with Crippen LogP contribution in [0.25, 0.3) is 11.3 Å². The first kappa shape index (κ1) is 14.3. The Bertz CT molecular complexity index is 571. The maximum Gasteiger partial charge on any atom is 0.416 e. The molecule has 0 unspecified atom stereocenters. The second kappa shape index (κ2) is 4.77. The Morgan fingerprint density at radius 3 is 1.80 bits per heavy atom. The molecule has 0 spiro atoms. The van der Waals surface area contributed by atoms with Crippen molar-refractivity contribution in [1.82, 2.24) is 9.97 Å². The zero-order valence-electron chi connectivity index (χ0n) is 9.55. The van der Waals surface area contributed by atoms with Crippen LogP contribution in [0.1, 0.15) is 11.1 Å². The van der Waals surface area contributed by atoms with E-state index in [1.807, 2.05) is 0 Å². The van der Waals surface area contributed by atoms with Crippen LogP contribution in [0.3, 0.4) is 0 Å². The highest BCUT2D eigenvalue weighted by molar-refractivity contribution is 5.61. The van der Waals surface area contributed by atoms with Gasteiger partial charge in [-0.3, -0.25) is 0 Å². The van der Waals surface area contributed by atoms with Crippen LogP contribution < -0.4 is 0 Å². The number of aromatic nitrogens is 2. The lowest BCUT2D eigenvalue weighted by atomic mass is 10.0. The molecule has 0 saturated carbocycles. The van der Waals surface area contributed by atoms with Gasteiger partial charge in [0.05, 0.1) is 23.0 Å². The number of alkyl halides is 6. The summed E-state index contributed by atoms with van der Waals surface area (Å²) in [6.07, 6.45) is -6.47. The molecule has 20 heavy (non-hydrogen) atoms. The number of hydrogen-bond acceptors (Lipinski definition) is 2. The molecule has 0 aliphatic carbocycles. The summed E-state index contributed by atoms with van der Waals surface area (Å²) in [6.45, 7) is 0. The van der Waals surface area contributed by atoms with Gasteiger partial charge in [-0.25, -0.2) is 9.97 Å². The minimum Gasteiger partial charge on any atom is -0.236 e. The fraction of sp³-hybridized carbons (Fsp3) is 0.167. The first-order valence-electron chi connectivity index (χ1n) is 5.16. The zero-order valence-corrected chi connectivity index (χ0v) is 9.55. The first-order chi connectivity index (χ1) is 9.18. The number of nitrogens with zero attached hydrogens (tertiary/aromatic N) is 2. The Labute approximate surface area is 109 Å². The predicted octanol–water partition coefficient (Wildman–Crippen LogP) is 3.98. The molecule has 2 rings (SSSR count). The molecule has 0 amide bonds. The van der Waals surface area contributed by atoms with Crippen molar-refractivity contribution in [3.05, 3.63) is 47.9 Å². The quantitative estimate of drug-likeness (QED) is 0.743. The summed E-state index contributed by atoms with van der Waals surface area (Å²) in [5, 5.41) is 0. The van der Waals surface area contributed by atoms with Gasteiger partial charge in [0.25, 0.3) is 0 Å². The van der Waals surface area contributed by atoms with Crippen molar-refractivity contribution < 1.29 is 26.3 Å². The van der Waals surface area contributed by atoms with Gasteiger partial charge in [0.15, 0.2) is 0 Å². The molecule has 1 aromatic heterocycles. The monoisotopic (exact) mass is 291 g/mol. The highest BCUT2D eigenvalue weighted by Crippen LogP contribution is 2.38. The van der Waals surface area contributed by atoms with Crippen LogP contribution in [0.5, 0.6) is 0 Å². The third-order valence-electron chi connectivity index (χ3n) is 2.41. The third kappa shape index (κ3) is 3.06. The van der Waals surface area contributed by atoms with Gasteiger partial charge in [0, 0.05) is 5.56 Å². The summed E-state index contributed by atoms with van der Waals surface area (Å²) in [4.78, 5) is 7.05. The molecule has 0 fully saturated rings. The van der Waals surface area contributed by atoms with Crippen LogP contribution in [0, 0.1) is 6.20 Å². The third-order valence-corrected chi connectivity index (χ3v) is 2.41. The highest BCUT2D eigenvalue weighted by Gasteiger charge is 2.37. The Kier molecular flexibility index (Phi) is 3.41. The Balaban J connectivity index is 2.64. The lowest BCUT2D eigenvalue weighted by molar-refractivity contribution is -0.143. The number of rotatable bonds is 1. The average molecular weight is 291 g/mol. The average Bonchev–Trinajstić information content (AvgIpc) is 2.37. The molecule has 2 nitrogen and oxygen atoms in total. The molecular weight excluding hydrogens is 286 g/mol. The first-order valence-corrected chi connectivity index (χ1v) is 5.16. The van der Waals surface area contributed by atoms with Gasteiger partial charge in [-0.15, -0.1) is 0 Å². The summed E-state index contributed by atoms with van der Waals surface area (Å²) < 4.78 is 75.9. The van der Waals surface area contributed by atoms with Crippen LogP contribution in [-0.4, -0.2) is 9.97 Å². The van der Waals surface area contributed by atoms with Crippen LogP contribution in [0.15, 0.2) is 30.6 Å². The fourth-order valence-electron chi connectivity index (χ4n) is 1.52. The summed E-state index contributed by atoms with van der Waals surface area (Å²) in [7, 11) is 0. The van der Waals surface area contributed by atoms with Crippen LogP contribution in [-0.2, 0) is 12.4 Å². The second-order valence-electron chi connectivity index (χ2n) is 3.83. The molecule has 0 aliphatic heterocycles. The van der Waals surface area contributed by atoms with E-state index in [1.54, 1.807) is 0 Å². The standard InChI is InChI=1S/C12H5F6N2/c13-11(14,15)8-3-7(10-1-2-19-6-20-10)4-9(5-8)12(16,17)18/h1,3-6H. The van der Waals surface area contributed by atoms with Crippen molar-refractivity contribution in [2.24, 2.45) is 0 Å². The van der Waals surface area contributed by atoms with E-state index in [1.165, 1.54) is 0 Å². The van der Waals surface area contributed by atoms with E-state index in [-0.39, 0.29) is 17.3 Å². The van der Waals surface area contributed by atoms with Crippen molar-refractivity contribution in [1.29, 1.82) is 0 Å². The van der Waals surface area contributed by atoms with E-state index in [0.717, 1.165) is 12.4 Å². The molecule has 0 atom stereocenters. The Hall–Kier alpha value is -2.12. The fourth-order valence-corrected chi connectivity index (χ4v) is 1.52. The smallest absolute Gasteiger partial charge is 0.236 e. The van der Waals surface area contributed by atoms with E-state index in [0.29, 0.717) is 12.1 Å². The van der Waals surface area contributed by atoms with E-state index in [9.17, 15) is 26.3 Å². The molecule has 8 heteroatoms. The van der Waals surface area contributed by atoms with E-state index < -0.39 is 23.5 Å². The summed E-state index contributed by atoms with van der Waals surface area (Å²) >= 11 is 0. The molecule has 0 saturated heterocycles. The van der Waals surface area contributed by atoms with Gasteiger partial charge < -0.3 is 0 Å². The van der Waals surface area contributed by atoms with Crippen LogP contribution in [0.2, 0.25) is 0 Å². The second-order valence-corrected chi connectivity index (χ2v) is 3.83. The molecule has 105 valence electrons. The topological polar surface area (TPSA) is 25.8 Å². The van der Waals surface area contributed by atoms with E-state index >= 15 is 0 Å². The molecule has 1 aromatic carbocycles. The lowest BCUT2D eigenvalue weighted by Gasteiger charge is -2.13. The minimum atomic E-state index is -4.88. The lowest BCUT2D eigenvalue weighted by Crippen LogP contribution is -2.11. The van der Waals surface area contributed by atoms with Gasteiger partial charge >= 0.3 is 12.4 Å². The number of halogens is 6. The normalized spacial score (nSPS) is 12.5. The molecule has 1 radical (unpaired) electrons. The maximum atomic E-state index is 12.6. The van der Waals surface area contributed by atoms with Crippen molar-refractivity contribution in [2.45, 2.75) is 12.4 Å². The van der Waals surface area contributed by atoms with Crippen molar-refractivity contribution in [3.8, 4) is 11.3 Å². The van der Waals surface area contributed by atoms with Gasteiger partial charge in [0.1, 0.15) is 6.33 Å². The van der Waals surface area contributed by atoms with Crippen LogP contribution in [0.4, 0.5) is 26.3 Å². The molecule has 2 aromatic rings. The molecule has 0 aliphatic rings. The van der Waals surface area contributed by atoms with Gasteiger partial charge in [-0.05, 0) is 24.3 Å². The number of benzene rings is 1. The van der Waals surface area contributed by atoms with Crippen molar-refractivity contribution in [2.75, 3.05) is 0 Å². The summed E-state index contributed by atoms with van der Waals surface area (Å²) in [5.41, 5.74) is -3.15. The minimum absolute atomic E-state index is 0.0639. The number of hydrogen-bond donors (Lipinski definition) is 0. The van der Waals surface area contributed by atoms with Crippen molar-refractivity contribution >= 4 is 0 Å². The summed E-state index contributed by atoms with van der Waals surface area (Å²) in [6, 6.07) is 2.38. The zero-order chi connectivity index (χ0) is 15.0. The van der Waals surface area contributed by atoms with E-state index in [4.69, 9.17) is 0 Å². The Morgan fingerprint density at radius 1 is 0.850 bits per heavy atom. The van der Waals surface area contributed by atoms with Gasteiger partial charge in [0.2, 0.25) is 0 Å². The van der Waals surface area contributed by atoms with Gasteiger partial charge in [-0.2, -0.15) is 26.3 Å². The van der Waals surface area contributed by atoms with Crippen molar-refractivity contribution in [3.63, 3.8) is 0 Å². The predicted molar refractivity (Wildman–Crippen MR) is 56.3 cm³/mol. The molecule has 1 heterocycles. The Morgan fingerprint density at radius 2 is 1.40 bits per heavy atom. The van der Waals surface area contributed by atoms with Crippen LogP contribution >= 0.6 is 0 Å². The molecular formula is C12H5F6N2.